The van der Waals surface area contributed by atoms with Crippen LogP contribution < -0.4 is 10.2 Å². The van der Waals surface area contributed by atoms with Crippen molar-refractivity contribution in [1.29, 1.82) is 0 Å². The number of aromatic hydroxyl groups is 4. The van der Waals surface area contributed by atoms with Crippen molar-refractivity contribution in [2.75, 3.05) is 6.61 Å². The second kappa shape index (κ2) is 8.42. The molecule has 1 unspecified atom stereocenters. The number of aliphatic hydroxyl groups excluding tert-OH is 4. The fourth-order valence-corrected chi connectivity index (χ4v) is 3.51. The second-order valence-corrected chi connectivity index (χ2v) is 7.45. The van der Waals surface area contributed by atoms with Crippen molar-refractivity contribution in [2.45, 2.75) is 30.7 Å². The number of hydrogen-bond acceptors (Lipinski definition) is 12. The second-order valence-electron chi connectivity index (χ2n) is 7.45. The first kappa shape index (κ1) is 22.6. The molecule has 0 bridgehead atoms. The fourth-order valence-electron chi connectivity index (χ4n) is 3.51. The quantitative estimate of drug-likeness (QED) is 0.229. The minimum absolute atomic E-state index is 0.0201. The number of hydrogen-bond donors (Lipinski definition) is 8. The topological polar surface area (TPSA) is 211 Å². The Hall–Kier alpha value is -3.55. The van der Waals surface area contributed by atoms with Gasteiger partial charge in [-0.25, -0.2) is 0 Å². The van der Waals surface area contributed by atoms with Crippen molar-refractivity contribution < 1.29 is 54.7 Å². The average molecular weight is 464 g/mol. The van der Waals surface area contributed by atoms with Crippen LogP contribution >= 0.6 is 0 Å². The van der Waals surface area contributed by atoms with E-state index in [4.69, 9.17) is 13.9 Å². The first-order chi connectivity index (χ1) is 15.6. The maximum absolute atomic E-state index is 13.2. The van der Waals surface area contributed by atoms with Gasteiger partial charge in [-0.15, -0.1) is 0 Å². The summed E-state index contributed by atoms with van der Waals surface area (Å²) in [6, 6.07) is 5.36. The first-order valence-corrected chi connectivity index (χ1v) is 9.64. The zero-order valence-corrected chi connectivity index (χ0v) is 16.7. The third kappa shape index (κ3) is 3.90. The monoisotopic (exact) mass is 464 g/mol. The molecule has 0 saturated carbocycles. The number of fused-ring (bicyclic) bond motifs is 1. The van der Waals surface area contributed by atoms with Gasteiger partial charge in [-0.05, 0) is 18.2 Å². The molecule has 1 aliphatic heterocycles. The molecule has 4 rings (SSSR count). The molecular formula is C21H20O12. The van der Waals surface area contributed by atoms with Crippen LogP contribution in [0.25, 0.3) is 22.3 Å². The minimum Gasteiger partial charge on any atom is -0.508 e. The SMILES string of the molecule is O=c1c(OC2O[C@@H](CO)[C@@H](O)[C@@H](O)[C@@H]2O)c(-c2ccc(O)c(O)c2)oc2cc(O)cc(O)c12. The summed E-state index contributed by atoms with van der Waals surface area (Å²) < 4.78 is 16.5. The van der Waals surface area contributed by atoms with Crippen LogP contribution in [-0.4, -0.2) is 78.2 Å². The Morgan fingerprint density at radius 2 is 1.61 bits per heavy atom. The predicted molar refractivity (Wildman–Crippen MR) is 109 cm³/mol. The highest BCUT2D eigenvalue weighted by atomic mass is 16.7. The van der Waals surface area contributed by atoms with Crippen LogP contribution in [0.2, 0.25) is 0 Å². The van der Waals surface area contributed by atoms with Crippen molar-refractivity contribution >= 4 is 11.0 Å². The van der Waals surface area contributed by atoms with Crippen molar-refractivity contribution in [3.63, 3.8) is 0 Å². The zero-order valence-electron chi connectivity index (χ0n) is 16.7. The molecular weight excluding hydrogens is 444 g/mol. The fraction of sp³-hybridized carbons (Fsp3) is 0.286. The van der Waals surface area contributed by atoms with Crippen LogP contribution in [0.3, 0.4) is 0 Å². The summed E-state index contributed by atoms with van der Waals surface area (Å²) in [6.45, 7) is -0.740. The summed E-state index contributed by atoms with van der Waals surface area (Å²) in [4.78, 5) is 13.2. The van der Waals surface area contributed by atoms with E-state index in [2.05, 4.69) is 0 Å². The van der Waals surface area contributed by atoms with E-state index in [0.717, 1.165) is 24.3 Å². The number of phenols is 4. The van der Waals surface area contributed by atoms with Gasteiger partial charge in [0, 0.05) is 17.7 Å². The number of benzene rings is 2. The molecule has 12 nitrogen and oxygen atoms in total. The molecule has 1 aliphatic rings. The molecule has 1 saturated heterocycles. The lowest BCUT2D eigenvalue weighted by Gasteiger charge is -2.39. The lowest BCUT2D eigenvalue weighted by atomic mass is 9.99. The van der Waals surface area contributed by atoms with Crippen LogP contribution in [0.15, 0.2) is 39.5 Å². The van der Waals surface area contributed by atoms with Crippen molar-refractivity contribution in [2.24, 2.45) is 0 Å². The Bertz CT molecular complexity index is 1250. The molecule has 2 aromatic carbocycles. The Kier molecular flexibility index (Phi) is 5.78. The van der Waals surface area contributed by atoms with Gasteiger partial charge in [0.25, 0.3) is 0 Å². The van der Waals surface area contributed by atoms with E-state index in [1.165, 1.54) is 6.07 Å². The largest absolute Gasteiger partial charge is 0.508 e. The maximum Gasteiger partial charge on any atom is 0.239 e. The van der Waals surface area contributed by atoms with Crippen LogP contribution in [0, 0.1) is 0 Å². The summed E-state index contributed by atoms with van der Waals surface area (Å²) in [5, 5.41) is 78.7. The Morgan fingerprint density at radius 3 is 2.27 bits per heavy atom. The summed E-state index contributed by atoms with van der Waals surface area (Å²) in [5.74, 6) is -3.05. The average Bonchev–Trinajstić information content (AvgIpc) is 2.76. The summed E-state index contributed by atoms with van der Waals surface area (Å²) in [6.07, 6.45) is -8.40. The molecule has 1 aromatic heterocycles. The van der Waals surface area contributed by atoms with Crippen molar-refractivity contribution in [1.82, 2.24) is 0 Å². The third-order valence-electron chi connectivity index (χ3n) is 5.24. The standard InChI is InChI=1S/C21H20O12/c22-6-13-15(27)17(29)18(30)21(32-13)33-20-16(28)14-11(26)4-8(23)5-12(14)31-19(20)7-1-2-9(24)10(25)3-7/h1-5,13,15,17-18,21-27,29-30H,6H2/t13-,15+,17+,18-,21?/m0/s1. The maximum atomic E-state index is 13.2. The molecule has 0 amide bonds. The molecule has 12 heteroatoms. The van der Waals surface area contributed by atoms with E-state index in [0.29, 0.717) is 0 Å². The smallest absolute Gasteiger partial charge is 0.239 e. The van der Waals surface area contributed by atoms with E-state index in [1.54, 1.807) is 0 Å². The van der Waals surface area contributed by atoms with E-state index >= 15 is 0 Å². The molecule has 0 spiro atoms. The highest BCUT2D eigenvalue weighted by Gasteiger charge is 2.45. The van der Waals surface area contributed by atoms with E-state index in [9.17, 15) is 45.6 Å². The Balaban J connectivity index is 1.91. The zero-order chi connectivity index (χ0) is 24.0. The van der Waals surface area contributed by atoms with Gasteiger partial charge in [-0.3, -0.25) is 4.79 Å². The van der Waals surface area contributed by atoms with E-state index in [1.807, 2.05) is 0 Å². The summed E-state index contributed by atoms with van der Waals surface area (Å²) in [5.41, 5.74) is -1.19. The number of aliphatic hydroxyl groups is 4. The highest BCUT2D eigenvalue weighted by Crippen LogP contribution is 2.39. The number of ether oxygens (including phenoxy) is 2. The molecule has 2 heterocycles. The summed E-state index contributed by atoms with van der Waals surface area (Å²) >= 11 is 0. The highest BCUT2D eigenvalue weighted by molar-refractivity contribution is 5.88. The molecule has 5 atom stereocenters. The van der Waals surface area contributed by atoms with Gasteiger partial charge in [-0.1, -0.05) is 0 Å². The van der Waals surface area contributed by atoms with Gasteiger partial charge < -0.3 is 54.7 Å². The molecule has 176 valence electrons. The van der Waals surface area contributed by atoms with Crippen LogP contribution in [0.4, 0.5) is 0 Å². The predicted octanol–water partition coefficient (Wildman–Crippen LogP) is -0.539. The van der Waals surface area contributed by atoms with Crippen molar-refractivity contribution in [3.8, 4) is 40.1 Å². The Labute approximate surface area is 184 Å². The van der Waals surface area contributed by atoms with E-state index < -0.39 is 71.5 Å². The van der Waals surface area contributed by atoms with Gasteiger partial charge in [0.1, 0.15) is 46.9 Å². The molecule has 8 N–H and O–H groups in total. The molecule has 0 radical (unpaired) electrons. The van der Waals surface area contributed by atoms with Gasteiger partial charge in [0.05, 0.1) is 6.61 Å². The number of rotatable bonds is 4. The van der Waals surface area contributed by atoms with Gasteiger partial charge in [0.15, 0.2) is 17.3 Å². The lowest BCUT2D eigenvalue weighted by Crippen LogP contribution is -2.60. The normalized spacial score (nSPS) is 25.3. The van der Waals surface area contributed by atoms with Gasteiger partial charge in [0.2, 0.25) is 17.5 Å². The third-order valence-corrected chi connectivity index (χ3v) is 5.24. The van der Waals surface area contributed by atoms with Crippen molar-refractivity contribution in [3.05, 3.63) is 40.6 Å². The van der Waals surface area contributed by atoms with Gasteiger partial charge >= 0.3 is 0 Å². The number of phenolic OH excluding ortho intramolecular Hbond substituents is 4. The molecule has 0 aliphatic carbocycles. The molecule has 33 heavy (non-hydrogen) atoms. The minimum atomic E-state index is -1.85. The Morgan fingerprint density at radius 1 is 0.879 bits per heavy atom. The summed E-state index contributed by atoms with van der Waals surface area (Å²) in [7, 11) is 0. The molecule has 3 aromatic rings. The molecule has 1 fully saturated rings. The lowest BCUT2D eigenvalue weighted by molar-refractivity contribution is -0.277. The van der Waals surface area contributed by atoms with Crippen LogP contribution in [-0.2, 0) is 4.74 Å². The van der Waals surface area contributed by atoms with Gasteiger partial charge in [-0.2, -0.15) is 0 Å². The van der Waals surface area contributed by atoms with E-state index in [-0.39, 0.29) is 22.3 Å². The van der Waals surface area contributed by atoms with Crippen LogP contribution in [0.5, 0.6) is 28.7 Å². The van der Waals surface area contributed by atoms with Crippen LogP contribution in [0.1, 0.15) is 0 Å². The first-order valence-electron chi connectivity index (χ1n) is 9.64.